The second-order valence-corrected chi connectivity index (χ2v) is 6.15. The molecule has 1 amide bonds. The second-order valence-electron chi connectivity index (χ2n) is 4.86. The first kappa shape index (κ1) is 14.4. The lowest BCUT2D eigenvalue weighted by molar-refractivity contribution is -0.113. The monoisotopic (exact) mass is 278 g/mol. The van der Waals surface area contributed by atoms with Gasteiger partial charge in [-0.3, -0.25) is 4.79 Å². The van der Waals surface area contributed by atoms with Gasteiger partial charge in [0.2, 0.25) is 5.91 Å². The molecular formula is C15H22N2OS. The van der Waals surface area contributed by atoms with Crippen LogP contribution in [0.5, 0.6) is 0 Å². The van der Waals surface area contributed by atoms with Crippen LogP contribution in [0.1, 0.15) is 25.3 Å². The molecule has 1 heterocycles. The van der Waals surface area contributed by atoms with Gasteiger partial charge in [-0.1, -0.05) is 19.1 Å². The Morgan fingerprint density at radius 1 is 1.42 bits per heavy atom. The lowest BCUT2D eigenvalue weighted by Crippen LogP contribution is -2.30. The molecule has 4 heteroatoms. The summed E-state index contributed by atoms with van der Waals surface area (Å²) >= 11 is 1.78. The van der Waals surface area contributed by atoms with E-state index in [1.54, 1.807) is 11.8 Å². The Hall–Kier alpha value is -1.00. The number of aryl methyl sites for hydroxylation is 1. The quantitative estimate of drug-likeness (QED) is 0.870. The van der Waals surface area contributed by atoms with Gasteiger partial charge in [-0.05, 0) is 50.0 Å². The SMILES string of the molecule is CCc1cccc(NC(=O)CSC2CCNCC2)c1. The molecule has 2 N–H and O–H groups in total. The summed E-state index contributed by atoms with van der Waals surface area (Å²) in [6, 6.07) is 8.08. The zero-order valence-corrected chi connectivity index (χ0v) is 12.3. The second kappa shape index (κ2) is 7.56. The van der Waals surface area contributed by atoms with Gasteiger partial charge in [0, 0.05) is 10.9 Å². The smallest absolute Gasteiger partial charge is 0.234 e. The first-order chi connectivity index (χ1) is 9.28. The molecule has 0 bridgehead atoms. The Balaban J connectivity index is 1.76. The topological polar surface area (TPSA) is 41.1 Å². The molecule has 104 valence electrons. The van der Waals surface area contributed by atoms with Gasteiger partial charge in [0.1, 0.15) is 0 Å². The average molecular weight is 278 g/mol. The molecule has 1 aromatic rings. The van der Waals surface area contributed by atoms with Crippen molar-refractivity contribution < 1.29 is 4.79 Å². The van der Waals surface area contributed by atoms with E-state index in [1.165, 1.54) is 18.4 Å². The molecule has 0 aliphatic carbocycles. The summed E-state index contributed by atoms with van der Waals surface area (Å²) in [5, 5.41) is 6.96. The first-order valence-corrected chi connectivity index (χ1v) is 8.04. The van der Waals surface area contributed by atoms with Crippen molar-refractivity contribution in [2.45, 2.75) is 31.4 Å². The predicted octanol–water partition coefficient (Wildman–Crippen LogP) is 2.67. The summed E-state index contributed by atoms with van der Waals surface area (Å²) in [4.78, 5) is 11.9. The van der Waals surface area contributed by atoms with E-state index in [4.69, 9.17) is 0 Å². The summed E-state index contributed by atoms with van der Waals surface area (Å²) in [7, 11) is 0. The molecule has 0 atom stereocenters. The van der Waals surface area contributed by atoms with Gasteiger partial charge >= 0.3 is 0 Å². The van der Waals surface area contributed by atoms with Crippen LogP contribution in [0.25, 0.3) is 0 Å². The highest BCUT2D eigenvalue weighted by Gasteiger charge is 2.14. The minimum absolute atomic E-state index is 0.108. The molecule has 2 rings (SSSR count). The van der Waals surface area contributed by atoms with Crippen LogP contribution in [0, 0.1) is 0 Å². The van der Waals surface area contributed by atoms with Gasteiger partial charge in [-0.2, -0.15) is 0 Å². The molecule has 3 nitrogen and oxygen atoms in total. The van der Waals surface area contributed by atoms with Crippen LogP contribution in [0.3, 0.4) is 0 Å². The van der Waals surface area contributed by atoms with Crippen LogP contribution in [-0.4, -0.2) is 30.0 Å². The summed E-state index contributed by atoms with van der Waals surface area (Å²) in [5.41, 5.74) is 2.17. The molecule has 19 heavy (non-hydrogen) atoms. The Labute approximate surface area is 119 Å². The molecule has 1 aliphatic rings. The maximum absolute atomic E-state index is 11.9. The van der Waals surface area contributed by atoms with Crippen LogP contribution >= 0.6 is 11.8 Å². The number of carbonyl (C=O) groups excluding carboxylic acids is 1. The van der Waals surface area contributed by atoms with E-state index in [0.29, 0.717) is 11.0 Å². The van der Waals surface area contributed by atoms with Crippen molar-refractivity contribution in [3.63, 3.8) is 0 Å². The van der Waals surface area contributed by atoms with Crippen molar-refractivity contribution in [1.82, 2.24) is 5.32 Å². The van der Waals surface area contributed by atoms with Gasteiger partial charge in [0.15, 0.2) is 0 Å². The van der Waals surface area contributed by atoms with Crippen LogP contribution < -0.4 is 10.6 Å². The highest BCUT2D eigenvalue weighted by molar-refractivity contribution is 8.00. The van der Waals surface area contributed by atoms with Crippen LogP contribution in [-0.2, 0) is 11.2 Å². The van der Waals surface area contributed by atoms with E-state index in [1.807, 2.05) is 18.2 Å². The predicted molar refractivity (Wildman–Crippen MR) is 82.8 cm³/mol. The van der Waals surface area contributed by atoms with Crippen molar-refractivity contribution >= 4 is 23.4 Å². The number of anilines is 1. The summed E-state index contributed by atoms with van der Waals surface area (Å²) in [6.07, 6.45) is 3.33. The van der Waals surface area contributed by atoms with Crippen molar-refractivity contribution in [3.05, 3.63) is 29.8 Å². The maximum Gasteiger partial charge on any atom is 0.234 e. The minimum Gasteiger partial charge on any atom is -0.325 e. The average Bonchev–Trinajstić information content (AvgIpc) is 2.46. The van der Waals surface area contributed by atoms with E-state index in [-0.39, 0.29) is 5.91 Å². The number of hydrogen-bond acceptors (Lipinski definition) is 3. The van der Waals surface area contributed by atoms with E-state index >= 15 is 0 Å². The fourth-order valence-electron chi connectivity index (χ4n) is 2.22. The number of rotatable bonds is 5. The molecule has 0 saturated carbocycles. The number of benzene rings is 1. The fourth-order valence-corrected chi connectivity index (χ4v) is 3.25. The lowest BCUT2D eigenvalue weighted by Gasteiger charge is -2.21. The minimum atomic E-state index is 0.108. The van der Waals surface area contributed by atoms with Crippen molar-refractivity contribution in [3.8, 4) is 0 Å². The van der Waals surface area contributed by atoms with E-state index < -0.39 is 0 Å². The maximum atomic E-state index is 11.9. The van der Waals surface area contributed by atoms with Crippen LogP contribution in [0.15, 0.2) is 24.3 Å². The van der Waals surface area contributed by atoms with Gasteiger partial charge in [-0.25, -0.2) is 0 Å². The van der Waals surface area contributed by atoms with Crippen molar-refractivity contribution in [2.75, 3.05) is 24.2 Å². The zero-order chi connectivity index (χ0) is 13.5. The van der Waals surface area contributed by atoms with E-state index in [0.717, 1.165) is 25.2 Å². The van der Waals surface area contributed by atoms with Crippen molar-refractivity contribution in [1.29, 1.82) is 0 Å². The third-order valence-corrected chi connectivity index (χ3v) is 4.73. The highest BCUT2D eigenvalue weighted by atomic mass is 32.2. The van der Waals surface area contributed by atoms with Gasteiger partial charge in [-0.15, -0.1) is 11.8 Å². The highest BCUT2D eigenvalue weighted by Crippen LogP contribution is 2.20. The normalized spacial score (nSPS) is 16.3. The van der Waals surface area contributed by atoms with E-state index in [2.05, 4.69) is 23.6 Å². The number of carbonyl (C=O) groups is 1. The molecule has 0 radical (unpaired) electrons. The van der Waals surface area contributed by atoms with E-state index in [9.17, 15) is 4.79 Å². The fraction of sp³-hybridized carbons (Fsp3) is 0.533. The Morgan fingerprint density at radius 2 is 2.21 bits per heavy atom. The number of hydrogen-bond donors (Lipinski definition) is 2. The molecule has 0 aromatic heterocycles. The third kappa shape index (κ3) is 4.88. The summed E-state index contributed by atoms with van der Waals surface area (Å²) < 4.78 is 0. The first-order valence-electron chi connectivity index (χ1n) is 6.99. The lowest BCUT2D eigenvalue weighted by atomic mass is 10.1. The zero-order valence-electron chi connectivity index (χ0n) is 11.4. The largest absolute Gasteiger partial charge is 0.325 e. The Bertz CT molecular complexity index is 416. The van der Waals surface area contributed by atoms with Gasteiger partial charge in [0.05, 0.1) is 5.75 Å². The number of piperidine rings is 1. The number of amides is 1. The van der Waals surface area contributed by atoms with Gasteiger partial charge < -0.3 is 10.6 Å². The summed E-state index contributed by atoms with van der Waals surface area (Å²) in [5.74, 6) is 0.665. The molecule has 0 unspecified atom stereocenters. The molecular weight excluding hydrogens is 256 g/mol. The third-order valence-electron chi connectivity index (χ3n) is 3.36. The molecule has 0 spiro atoms. The molecule has 1 saturated heterocycles. The standard InChI is InChI=1S/C15H22N2OS/c1-2-12-4-3-5-13(10-12)17-15(18)11-19-14-6-8-16-9-7-14/h3-5,10,14,16H,2,6-9,11H2,1H3,(H,17,18). The van der Waals surface area contributed by atoms with Crippen LogP contribution in [0.2, 0.25) is 0 Å². The molecule has 1 aliphatic heterocycles. The Kier molecular flexibility index (Phi) is 5.73. The number of thioether (sulfide) groups is 1. The summed E-state index contributed by atoms with van der Waals surface area (Å²) in [6.45, 7) is 4.28. The van der Waals surface area contributed by atoms with Crippen LogP contribution in [0.4, 0.5) is 5.69 Å². The van der Waals surface area contributed by atoms with Crippen molar-refractivity contribution in [2.24, 2.45) is 0 Å². The Morgan fingerprint density at radius 3 is 2.95 bits per heavy atom. The number of nitrogens with one attached hydrogen (secondary N) is 2. The molecule has 1 fully saturated rings. The molecule has 1 aromatic carbocycles. The van der Waals surface area contributed by atoms with Gasteiger partial charge in [0.25, 0.3) is 0 Å².